The van der Waals surface area contributed by atoms with Gasteiger partial charge in [0.15, 0.2) is 0 Å². The lowest BCUT2D eigenvalue weighted by Gasteiger charge is -2.18. The van der Waals surface area contributed by atoms with E-state index in [2.05, 4.69) is 10.2 Å². The van der Waals surface area contributed by atoms with E-state index < -0.39 is 0 Å². The third-order valence-electron chi connectivity index (χ3n) is 3.86. The minimum Gasteiger partial charge on any atom is -0.496 e. The van der Waals surface area contributed by atoms with Crippen LogP contribution in [0.15, 0.2) is 39.4 Å². The fourth-order valence-corrected chi connectivity index (χ4v) is 3.30. The molecule has 8 heteroatoms. The molecule has 0 saturated heterocycles. The molecule has 2 aromatic heterocycles. The number of halogens is 1. The van der Waals surface area contributed by atoms with Crippen LogP contribution < -0.4 is 4.74 Å². The number of thiophene rings is 1. The molecule has 3 rings (SSSR count). The third kappa shape index (κ3) is 4.42. The summed E-state index contributed by atoms with van der Waals surface area (Å²) in [7, 11) is 3.34. The molecule has 0 fully saturated rings. The van der Waals surface area contributed by atoms with Gasteiger partial charge in [-0.2, -0.15) is 11.3 Å². The van der Waals surface area contributed by atoms with Crippen molar-refractivity contribution in [2.75, 3.05) is 14.2 Å². The summed E-state index contributed by atoms with van der Waals surface area (Å²) >= 11 is 7.60. The van der Waals surface area contributed by atoms with Gasteiger partial charge < -0.3 is 14.1 Å². The van der Waals surface area contributed by atoms with Gasteiger partial charge in [-0.1, -0.05) is 11.6 Å². The molecule has 0 N–H and O–H groups in total. The first-order chi connectivity index (χ1) is 12.6. The van der Waals surface area contributed by atoms with E-state index in [4.69, 9.17) is 20.8 Å². The highest BCUT2D eigenvalue weighted by Gasteiger charge is 2.15. The standard InChI is InChI=1S/C18H18ClN3O3S/c1-22(10-13-9-14(19)3-4-15(13)24-2)17(23)6-5-16-20-21-18(25-16)12-7-8-26-11-12/h3-4,7-9,11H,5-6,10H2,1-2H3. The molecule has 3 aromatic rings. The highest BCUT2D eigenvalue weighted by atomic mass is 35.5. The van der Waals surface area contributed by atoms with Crippen molar-refractivity contribution in [1.29, 1.82) is 0 Å². The van der Waals surface area contributed by atoms with Gasteiger partial charge in [-0.25, -0.2) is 0 Å². The molecule has 26 heavy (non-hydrogen) atoms. The zero-order valence-electron chi connectivity index (χ0n) is 14.4. The van der Waals surface area contributed by atoms with Crippen LogP contribution in [0.25, 0.3) is 11.5 Å². The number of hydrogen-bond acceptors (Lipinski definition) is 6. The second kappa shape index (κ2) is 8.33. The smallest absolute Gasteiger partial charge is 0.248 e. The van der Waals surface area contributed by atoms with Gasteiger partial charge >= 0.3 is 0 Å². The number of ether oxygens (including phenoxy) is 1. The van der Waals surface area contributed by atoms with Gasteiger partial charge in [0, 0.05) is 48.0 Å². The number of benzene rings is 1. The lowest BCUT2D eigenvalue weighted by Crippen LogP contribution is -2.26. The number of hydrogen-bond donors (Lipinski definition) is 0. The van der Waals surface area contributed by atoms with Crippen molar-refractivity contribution in [1.82, 2.24) is 15.1 Å². The molecule has 1 aromatic carbocycles. The summed E-state index contributed by atoms with van der Waals surface area (Å²) in [5.41, 5.74) is 1.75. The highest BCUT2D eigenvalue weighted by molar-refractivity contribution is 7.08. The van der Waals surface area contributed by atoms with Crippen LogP contribution in [0.5, 0.6) is 5.75 Å². The molecule has 0 radical (unpaired) electrons. The Morgan fingerprint density at radius 3 is 2.92 bits per heavy atom. The van der Waals surface area contributed by atoms with Gasteiger partial charge in [-0.05, 0) is 29.6 Å². The predicted molar refractivity (Wildman–Crippen MR) is 100 cm³/mol. The van der Waals surface area contributed by atoms with E-state index in [9.17, 15) is 4.79 Å². The first-order valence-electron chi connectivity index (χ1n) is 7.98. The van der Waals surface area contributed by atoms with Crippen LogP contribution in [0, 0.1) is 0 Å². The second-order valence-corrected chi connectivity index (χ2v) is 6.94. The van der Waals surface area contributed by atoms with Gasteiger partial charge in [-0.3, -0.25) is 4.79 Å². The Kier molecular flexibility index (Phi) is 5.90. The largest absolute Gasteiger partial charge is 0.496 e. The maximum atomic E-state index is 12.4. The van der Waals surface area contributed by atoms with E-state index in [1.807, 2.05) is 16.8 Å². The van der Waals surface area contributed by atoms with E-state index in [0.29, 0.717) is 35.5 Å². The molecule has 6 nitrogen and oxygen atoms in total. The van der Waals surface area contributed by atoms with E-state index in [0.717, 1.165) is 11.1 Å². The molecule has 0 aliphatic rings. The fraction of sp³-hybridized carbons (Fsp3) is 0.278. The first-order valence-corrected chi connectivity index (χ1v) is 9.30. The summed E-state index contributed by atoms with van der Waals surface area (Å²) in [6.07, 6.45) is 0.678. The topological polar surface area (TPSA) is 68.5 Å². The second-order valence-electron chi connectivity index (χ2n) is 5.72. The number of carbonyl (C=O) groups is 1. The lowest BCUT2D eigenvalue weighted by atomic mass is 10.2. The van der Waals surface area contributed by atoms with E-state index in [1.165, 1.54) is 0 Å². The van der Waals surface area contributed by atoms with Crippen LogP contribution >= 0.6 is 22.9 Å². The molecule has 136 valence electrons. The maximum absolute atomic E-state index is 12.4. The van der Waals surface area contributed by atoms with Crippen LogP contribution in [-0.2, 0) is 17.8 Å². The van der Waals surface area contributed by atoms with Crippen molar-refractivity contribution >= 4 is 28.8 Å². The Labute approximate surface area is 160 Å². The van der Waals surface area contributed by atoms with E-state index in [1.54, 1.807) is 48.6 Å². The predicted octanol–water partition coefficient (Wildman–Crippen LogP) is 4.05. The molecular weight excluding hydrogens is 374 g/mol. The van der Waals surface area contributed by atoms with Gasteiger partial charge in [-0.15, -0.1) is 10.2 Å². The Balaban J connectivity index is 1.57. The normalized spacial score (nSPS) is 10.7. The molecule has 0 atom stereocenters. The Bertz CT molecular complexity index is 880. The van der Waals surface area contributed by atoms with Crippen molar-refractivity contribution in [2.24, 2.45) is 0 Å². The zero-order chi connectivity index (χ0) is 18.5. The van der Waals surface area contributed by atoms with Crippen molar-refractivity contribution in [3.63, 3.8) is 0 Å². The molecule has 0 aliphatic heterocycles. The summed E-state index contributed by atoms with van der Waals surface area (Å²) in [5.74, 6) is 1.60. The Morgan fingerprint density at radius 2 is 2.19 bits per heavy atom. The number of aryl methyl sites for hydroxylation is 1. The monoisotopic (exact) mass is 391 g/mol. The molecule has 0 bridgehead atoms. The van der Waals surface area contributed by atoms with Gasteiger partial charge in [0.1, 0.15) is 5.75 Å². The molecule has 0 unspecified atom stereocenters. The van der Waals surface area contributed by atoms with Crippen molar-refractivity contribution in [3.05, 3.63) is 51.5 Å². The number of methoxy groups -OCH3 is 1. The van der Waals surface area contributed by atoms with Crippen LogP contribution in [-0.4, -0.2) is 35.2 Å². The Hall–Kier alpha value is -2.38. The number of nitrogens with zero attached hydrogens (tertiary/aromatic N) is 3. The SMILES string of the molecule is COc1ccc(Cl)cc1CN(C)C(=O)CCc1nnc(-c2ccsc2)o1. The highest BCUT2D eigenvalue weighted by Crippen LogP contribution is 2.24. The fourth-order valence-electron chi connectivity index (χ4n) is 2.48. The van der Waals surface area contributed by atoms with E-state index in [-0.39, 0.29) is 12.3 Å². The van der Waals surface area contributed by atoms with Gasteiger partial charge in [0.25, 0.3) is 0 Å². The minimum absolute atomic E-state index is 0.0256. The van der Waals surface area contributed by atoms with Gasteiger partial charge in [0.05, 0.1) is 7.11 Å². The molecule has 0 saturated carbocycles. The summed E-state index contributed by atoms with van der Waals surface area (Å²) in [4.78, 5) is 14.0. The quantitative estimate of drug-likeness (QED) is 0.607. The Morgan fingerprint density at radius 1 is 1.35 bits per heavy atom. The van der Waals surface area contributed by atoms with Crippen LogP contribution in [0.4, 0.5) is 0 Å². The van der Waals surface area contributed by atoms with Crippen molar-refractivity contribution in [2.45, 2.75) is 19.4 Å². The molecule has 0 aliphatic carbocycles. The molecule has 2 heterocycles. The first kappa shape index (κ1) is 18.4. The molecule has 1 amide bonds. The average Bonchev–Trinajstić information content (AvgIpc) is 3.31. The number of amides is 1. The minimum atomic E-state index is -0.0256. The van der Waals surface area contributed by atoms with Crippen LogP contribution in [0.1, 0.15) is 17.9 Å². The summed E-state index contributed by atoms with van der Waals surface area (Å²) in [6.45, 7) is 0.409. The lowest BCUT2D eigenvalue weighted by molar-refractivity contribution is -0.130. The third-order valence-corrected chi connectivity index (χ3v) is 4.78. The summed E-state index contributed by atoms with van der Waals surface area (Å²) in [6, 6.07) is 7.27. The van der Waals surface area contributed by atoms with E-state index >= 15 is 0 Å². The zero-order valence-corrected chi connectivity index (χ0v) is 16.0. The molecular formula is C18H18ClN3O3S. The number of carbonyl (C=O) groups excluding carboxylic acids is 1. The maximum Gasteiger partial charge on any atom is 0.248 e. The van der Waals surface area contributed by atoms with Crippen molar-refractivity contribution in [3.8, 4) is 17.2 Å². The summed E-state index contributed by atoms with van der Waals surface area (Å²) in [5, 5.41) is 12.5. The average molecular weight is 392 g/mol. The number of rotatable bonds is 7. The van der Waals surface area contributed by atoms with Crippen molar-refractivity contribution < 1.29 is 13.9 Å². The van der Waals surface area contributed by atoms with Crippen LogP contribution in [0.2, 0.25) is 5.02 Å². The van der Waals surface area contributed by atoms with Crippen LogP contribution in [0.3, 0.4) is 0 Å². The van der Waals surface area contributed by atoms with Gasteiger partial charge in [0.2, 0.25) is 17.7 Å². The summed E-state index contributed by atoms with van der Waals surface area (Å²) < 4.78 is 10.9. The number of aromatic nitrogens is 2. The molecule has 0 spiro atoms.